The van der Waals surface area contributed by atoms with Crippen molar-refractivity contribution in [1.82, 2.24) is 4.90 Å². The molecule has 4 aromatic rings. The van der Waals surface area contributed by atoms with E-state index >= 15 is 4.79 Å². The highest BCUT2D eigenvalue weighted by molar-refractivity contribution is 6.23. The predicted molar refractivity (Wildman–Crippen MR) is 189 cm³/mol. The Morgan fingerprint density at radius 3 is 2.00 bits per heavy atom. The van der Waals surface area contributed by atoms with Gasteiger partial charge in [-0.05, 0) is 61.2 Å². The van der Waals surface area contributed by atoms with Crippen LogP contribution in [-0.2, 0) is 16.0 Å². The molecular weight excluding hydrogens is 598 g/mol. The van der Waals surface area contributed by atoms with Crippen LogP contribution >= 0.6 is 0 Å². The number of benzene rings is 4. The van der Waals surface area contributed by atoms with Crippen molar-refractivity contribution in [3.63, 3.8) is 0 Å². The van der Waals surface area contributed by atoms with Crippen LogP contribution in [0.2, 0.25) is 0 Å². The zero-order valence-electron chi connectivity index (χ0n) is 27.8. The minimum absolute atomic E-state index is 0.0930. The summed E-state index contributed by atoms with van der Waals surface area (Å²) >= 11 is 0. The first kappa shape index (κ1) is 32.9. The summed E-state index contributed by atoms with van der Waals surface area (Å²) in [4.78, 5) is 61.5. The highest BCUT2D eigenvalue weighted by Crippen LogP contribution is 2.43. The first-order chi connectivity index (χ1) is 23.4. The van der Waals surface area contributed by atoms with Gasteiger partial charge in [0.15, 0.2) is 0 Å². The van der Waals surface area contributed by atoms with Gasteiger partial charge in [-0.15, -0.1) is 0 Å². The summed E-state index contributed by atoms with van der Waals surface area (Å²) in [6, 6.07) is 31.8. The number of carbonyl (C=O) groups is 4. The molecule has 0 fully saturated rings. The van der Waals surface area contributed by atoms with E-state index in [2.05, 4.69) is 6.92 Å². The lowest BCUT2D eigenvalue weighted by molar-refractivity contribution is -0.123. The number of nitrogens with zero attached hydrogens (tertiary/aromatic N) is 3. The third-order valence-corrected chi connectivity index (χ3v) is 9.60. The molecule has 0 radical (unpaired) electrons. The maximum atomic E-state index is 15.2. The summed E-state index contributed by atoms with van der Waals surface area (Å²) in [5, 5.41) is 0. The molecule has 3 atom stereocenters. The van der Waals surface area contributed by atoms with Crippen molar-refractivity contribution in [3.05, 3.63) is 131 Å². The van der Waals surface area contributed by atoms with E-state index in [9.17, 15) is 14.4 Å². The molecule has 2 aliphatic rings. The summed E-state index contributed by atoms with van der Waals surface area (Å²) < 4.78 is 0. The number of carbonyl (C=O) groups excluding carboxylic acids is 4. The van der Waals surface area contributed by atoms with Crippen molar-refractivity contribution in [2.75, 3.05) is 9.80 Å². The highest BCUT2D eigenvalue weighted by Gasteiger charge is 2.46. The van der Waals surface area contributed by atoms with Crippen LogP contribution in [-0.4, -0.2) is 40.6 Å². The molecule has 6 rings (SSSR count). The standard InChI is InChI=1S/C41H43N3O4/c1-3-4-5-6-13-26-38(45)42-29(2)27-36(34-24-16-17-25-35(34)42)43(31-20-11-8-12-21-31)41(48)37(28-30-18-9-7-10-19-30)44-39(46)32-22-14-15-23-33(32)40(44)47/h7-12,14-25,29,36-37H,3-6,13,26-28H2,1-2H3/t29-,36-,37+/m0/s1. The first-order valence-electron chi connectivity index (χ1n) is 17.2. The number of anilines is 2. The van der Waals surface area contributed by atoms with Crippen molar-refractivity contribution in [1.29, 1.82) is 0 Å². The molecule has 2 aliphatic heterocycles. The maximum Gasteiger partial charge on any atom is 0.262 e. The Hall–Kier alpha value is -5.04. The van der Waals surface area contributed by atoms with Crippen LogP contribution in [0.5, 0.6) is 0 Å². The molecule has 0 bridgehead atoms. The Balaban J connectivity index is 1.40. The fraction of sp³-hybridized carbons (Fsp3) is 0.317. The predicted octanol–water partition coefficient (Wildman–Crippen LogP) is 8.15. The number of rotatable bonds is 12. The Labute approximate surface area is 283 Å². The number of amides is 4. The van der Waals surface area contributed by atoms with E-state index in [0.29, 0.717) is 29.7 Å². The van der Waals surface area contributed by atoms with Gasteiger partial charge in [0.1, 0.15) is 6.04 Å². The molecule has 7 nitrogen and oxygen atoms in total. The molecule has 0 aromatic heterocycles. The monoisotopic (exact) mass is 641 g/mol. The minimum atomic E-state index is -1.09. The van der Waals surface area contributed by atoms with Crippen molar-refractivity contribution < 1.29 is 19.2 Å². The first-order valence-corrected chi connectivity index (χ1v) is 17.2. The summed E-state index contributed by atoms with van der Waals surface area (Å²) in [5.41, 5.74) is 3.79. The topological polar surface area (TPSA) is 78.0 Å². The molecule has 48 heavy (non-hydrogen) atoms. The van der Waals surface area contributed by atoms with Crippen molar-refractivity contribution in [2.24, 2.45) is 0 Å². The SMILES string of the molecule is CCCCCCCC(=O)N1c2ccccc2[C@@H](N(C(=O)[C@@H](Cc2ccccc2)N2C(=O)c3ccccc3C2=O)c2ccccc2)C[C@@H]1C. The van der Waals surface area contributed by atoms with Crippen LogP contribution in [0.3, 0.4) is 0 Å². The van der Waals surface area contributed by atoms with Crippen LogP contribution in [0.4, 0.5) is 11.4 Å². The molecule has 2 heterocycles. The molecule has 4 amide bonds. The van der Waals surface area contributed by atoms with Gasteiger partial charge in [-0.3, -0.25) is 24.1 Å². The molecule has 7 heteroatoms. The Morgan fingerprint density at radius 1 is 0.750 bits per heavy atom. The molecule has 0 N–H and O–H groups in total. The number of para-hydroxylation sites is 2. The van der Waals surface area contributed by atoms with E-state index in [1.807, 2.05) is 96.8 Å². The van der Waals surface area contributed by atoms with Gasteiger partial charge in [-0.25, -0.2) is 0 Å². The fourth-order valence-corrected chi connectivity index (χ4v) is 7.23. The van der Waals surface area contributed by atoms with Gasteiger partial charge in [-0.2, -0.15) is 0 Å². The zero-order valence-corrected chi connectivity index (χ0v) is 27.8. The number of imide groups is 1. The molecule has 4 aromatic carbocycles. The van der Waals surface area contributed by atoms with Crippen molar-refractivity contribution in [2.45, 2.75) is 83.3 Å². The molecule has 246 valence electrons. The lowest BCUT2D eigenvalue weighted by atomic mass is 9.88. The second-order valence-corrected chi connectivity index (χ2v) is 12.9. The van der Waals surface area contributed by atoms with Gasteiger partial charge in [0.05, 0.1) is 17.2 Å². The smallest absolute Gasteiger partial charge is 0.262 e. The maximum absolute atomic E-state index is 15.2. The number of hydrogen-bond acceptors (Lipinski definition) is 4. The van der Waals surface area contributed by atoms with Crippen LogP contribution in [0, 0.1) is 0 Å². The number of unbranched alkanes of at least 4 members (excludes halogenated alkanes) is 4. The third-order valence-electron chi connectivity index (χ3n) is 9.60. The summed E-state index contributed by atoms with van der Waals surface area (Å²) in [5.74, 6) is -1.19. The lowest BCUT2D eigenvalue weighted by Crippen LogP contribution is -2.55. The van der Waals surface area contributed by atoms with E-state index in [4.69, 9.17) is 0 Å². The van der Waals surface area contributed by atoms with Gasteiger partial charge in [0.25, 0.3) is 17.7 Å². The second-order valence-electron chi connectivity index (χ2n) is 12.9. The number of fused-ring (bicyclic) bond motifs is 2. The second kappa shape index (κ2) is 14.8. The Kier molecular flexibility index (Phi) is 10.1. The molecule has 0 aliphatic carbocycles. The lowest BCUT2D eigenvalue weighted by Gasteiger charge is -2.45. The van der Waals surface area contributed by atoms with Crippen LogP contribution in [0.15, 0.2) is 109 Å². The summed E-state index contributed by atoms with van der Waals surface area (Å²) in [7, 11) is 0. The highest BCUT2D eigenvalue weighted by atomic mass is 16.2. The zero-order chi connectivity index (χ0) is 33.6. The quantitative estimate of drug-likeness (QED) is 0.116. The molecule has 0 saturated heterocycles. The largest absolute Gasteiger partial charge is 0.309 e. The van der Waals surface area contributed by atoms with E-state index in [1.165, 1.54) is 6.42 Å². The Bertz CT molecular complexity index is 1740. The average molecular weight is 642 g/mol. The molecular formula is C41H43N3O4. The van der Waals surface area contributed by atoms with Gasteiger partial charge < -0.3 is 9.80 Å². The summed E-state index contributed by atoms with van der Waals surface area (Å²) in [6.45, 7) is 4.22. The minimum Gasteiger partial charge on any atom is -0.309 e. The van der Waals surface area contributed by atoms with Gasteiger partial charge in [0.2, 0.25) is 5.91 Å². The Morgan fingerprint density at radius 2 is 1.33 bits per heavy atom. The van der Waals surface area contributed by atoms with Crippen molar-refractivity contribution >= 4 is 35.0 Å². The molecule has 0 spiro atoms. The van der Waals surface area contributed by atoms with Crippen molar-refractivity contribution in [3.8, 4) is 0 Å². The average Bonchev–Trinajstić information content (AvgIpc) is 3.36. The van der Waals surface area contributed by atoms with Crippen LogP contribution in [0.1, 0.15) is 96.7 Å². The van der Waals surface area contributed by atoms with E-state index in [0.717, 1.165) is 47.4 Å². The van der Waals surface area contributed by atoms with E-state index in [-0.39, 0.29) is 24.3 Å². The van der Waals surface area contributed by atoms with Crippen LogP contribution in [0.25, 0.3) is 0 Å². The summed E-state index contributed by atoms with van der Waals surface area (Å²) in [6.07, 6.45) is 6.49. The molecule has 0 unspecified atom stereocenters. The third kappa shape index (κ3) is 6.55. The fourth-order valence-electron chi connectivity index (χ4n) is 7.23. The van der Waals surface area contributed by atoms with Gasteiger partial charge in [0, 0.05) is 30.3 Å². The van der Waals surface area contributed by atoms with E-state index < -0.39 is 23.9 Å². The normalized spacial score (nSPS) is 17.5. The van der Waals surface area contributed by atoms with Gasteiger partial charge in [-0.1, -0.05) is 111 Å². The van der Waals surface area contributed by atoms with Crippen LogP contribution < -0.4 is 9.80 Å². The van der Waals surface area contributed by atoms with E-state index in [1.54, 1.807) is 29.2 Å². The van der Waals surface area contributed by atoms with Gasteiger partial charge >= 0.3 is 0 Å². The molecule has 0 saturated carbocycles. The number of hydrogen-bond donors (Lipinski definition) is 0.